The molecule has 0 saturated heterocycles. The van der Waals surface area contributed by atoms with Gasteiger partial charge in [-0.05, 0) is 24.1 Å². The van der Waals surface area contributed by atoms with Crippen molar-refractivity contribution in [3.05, 3.63) is 29.3 Å². The molecule has 1 aromatic rings. The summed E-state index contributed by atoms with van der Waals surface area (Å²) in [6.45, 7) is 1.66. The first-order valence-corrected chi connectivity index (χ1v) is 8.62. The minimum absolute atomic E-state index is 0. The molecule has 0 bridgehead atoms. The van der Waals surface area contributed by atoms with Crippen LogP contribution in [0.3, 0.4) is 0 Å². The molecule has 1 unspecified atom stereocenters. The Morgan fingerprint density at radius 2 is 1.95 bits per heavy atom. The molecule has 110 valence electrons. The van der Waals surface area contributed by atoms with Crippen LogP contribution in [0, 0.1) is 6.92 Å². The molecule has 0 aliphatic heterocycles. The second kappa shape index (κ2) is 7.75. The normalized spacial score (nSPS) is 13.6. The Morgan fingerprint density at radius 3 is 2.42 bits per heavy atom. The summed E-state index contributed by atoms with van der Waals surface area (Å²) < 4.78 is 27.8. The van der Waals surface area contributed by atoms with Gasteiger partial charge in [0.1, 0.15) is 10.9 Å². The Hall–Kier alpha value is 0.0800. The summed E-state index contributed by atoms with van der Waals surface area (Å²) in [5, 5.41) is 0.514. The molecule has 0 heterocycles. The molecule has 4 nitrogen and oxygen atoms in total. The molecule has 1 rings (SSSR count). The van der Waals surface area contributed by atoms with Crippen LogP contribution in [0.1, 0.15) is 18.6 Å². The van der Waals surface area contributed by atoms with Gasteiger partial charge < -0.3 is 13.7 Å². The van der Waals surface area contributed by atoms with Crippen LogP contribution in [0.2, 0.25) is 0 Å². The van der Waals surface area contributed by atoms with Crippen LogP contribution >= 0.6 is 42.7 Å². The van der Waals surface area contributed by atoms with Gasteiger partial charge >= 0.3 is 0 Å². The monoisotopic (exact) mass is 416 g/mol. The number of ketones is 1. The van der Waals surface area contributed by atoms with Gasteiger partial charge in [-0.25, -0.2) is 0 Å². The zero-order valence-corrected chi connectivity index (χ0v) is 13.6. The van der Waals surface area contributed by atoms with Crippen LogP contribution < -0.4 is 0 Å². The van der Waals surface area contributed by atoms with Gasteiger partial charge in [-0.3, -0.25) is 4.79 Å². The highest BCUT2D eigenvalue weighted by Crippen LogP contribution is 2.45. The van der Waals surface area contributed by atoms with E-state index in [4.69, 9.17) is 0 Å². The standard InChI is InChI=1S/C11H14Br2O4S.CH4/c1-7-2-3-8(4-10(14)9(13)6-12)5-11(7)18(15,16)17;/h2-3,5,9,15-17H,4,6H2,1H3;1H4. The first-order chi connectivity index (χ1) is 8.25. The topological polar surface area (TPSA) is 77.8 Å². The summed E-state index contributed by atoms with van der Waals surface area (Å²) in [6.07, 6.45) is 0.171. The van der Waals surface area contributed by atoms with E-state index in [2.05, 4.69) is 31.9 Å². The molecular formula is C12H18Br2O4S. The molecule has 0 aliphatic rings. The lowest BCUT2D eigenvalue weighted by molar-refractivity contribution is -0.117. The second-order valence-electron chi connectivity index (χ2n) is 3.88. The Morgan fingerprint density at radius 1 is 1.37 bits per heavy atom. The second-order valence-corrected chi connectivity index (χ2v) is 7.11. The highest BCUT2D eigenvalue weighted by molar-refractivity contribution is 9.12. The van der Waals surface area contributed by atoms with E-state index in [1.807, 2.05) is 0 Å². The maximum absolute atomic E-state index is 11.7. The van der Waals surface area contributed by atoms with E-state index in [-0.39, 0.29) is 29.4 Å². The highest BCUT2D eigenvalue weighted by atomic mass is 79.9. The predicted molar refractivity (Wildman–Crippen MR) is 86.9 cm³/mol. The summed E-state index contributed by atoms with van der Waals surface area (Å²) in [6, 6.07) is 4.84. The van der Waals surface area contributed by atoms with Crippen molar-refractivity contribution >= 4 is 48.5 Å². The molecule has 7 heteroatoms. The maximum Gasteiger partial charge on any atom is 0.151 e. The lowest BCUT2D eigenvalue weighted by Gasteiger charge is -2.22. The minimum atomic E-state index is -3.75. The molecule has 0 aliphatic carbocycles. The van der Waals surface area contributed by atoms with E-state index in [1.165, 1.54) is 6.07 Å². The first-order valence-electron chi connectivity index (χ1n) is 5.08. The smallest absolute Gasteiger partial charge is 0.151 e. The van der Waals surface area contributed by atoms with Crippen molar-refractivity contribution in [3.63, 3.8) is 0 Å². The van der Waals surface area contributed by atoms with E-state index < -0.39 is 10.9 Å². The molecule has 19 heavy (non-hydrogen) atoms. The summed E-state index contributed by atoms with van der Waals surface area (Å²) in [7, 11) is -3.75. The molecule has 0 radical (unpaired) electrons. The van der Waals surface area contributed by atoms with Crippen molar-refractivity contribution in [2.75, 3.05) is 5.33 Å². The summed E-state index contributed by atoms with van der Waals surface area (Å²) >= 11 is 6.44. The predicted octanol–water partition coefficient (Wildman–Crippen LogP) is 4.48. The van der Waals surface area contributed by atoms with Gasteiger partial charge in [0.05, 0.1) is 9.72 Å². The molecule has 0 amide bonds. The summed E-state index contributed by atoms with van der Waals surface area (Å²) in [4.78, 5) is 11.5. The molecule has 0 saturated carbocycles. The van der Waals surface area contributed by atoms with Crippen molar-refractivity contribution in [1.82, 2.24) is 0 Å². The molecule has 1 aromatic carbocycles. The van der Waals surface area contributed by atoms with Crippen LogP contribution in [-0.4, -0.2) is 29.6 Å². The van der Waals surface area contributed by atoms with E-state index in [0.717, 1.165) is 0 Å². The maximum atomic E-state index is 11.7. The number of carbonyl (C=O) groups excluding carboxylic acids is 1. The number of carbonyl (C=O) groups is 1. The summed E-state index contributed by atoms with van der Waals surface area (Å²) in [5.41, 5.74) is 1.21. The quantitative estimate of drug-likeness (QED) is 0.617. The Bertz CT molecular complexity index is 446. The number of aryl methyl sites for hydroxylation is 1. The Balaban J connectivity index is 0.00000324. The molecule has 0 aromatic heterocycles. The fraction of sp³-hybridized carbons (Fsp3) is 0.417. The number of rotatable bonds is 5. The molecule has 3 N–H and O–H groups in total. The zero-order valence-electron chi connectivity index (χ0n) is 9.64. The fourth-order valence-electron chi connectivity index (χ4n) is 1.45. The SMILES string of the molecule is C.Cc1ccc(CC(=O)C(Br)CBr)cc1S(O)(O)O. The Kier molecular flexibility index (Phi) is 7.79. The lowest BCUT2D eigenvalue weighted by Crippen LogP contribution is -2.17. The third-order valence-electron chi connectivity index (χ3n) is 2.41. The van der Waals surface area contributed by atoms with E-state index in [0.29, 0.717) is 16.5 Å². The molecule has 1 atom stereocenters. The fourth-order valence-corrected chi connectivity index (χ4v) is 2.78. The van der Waals surface area contributed by atoms with Gasteiger partial charge in [-0.15, -0.1) is 0 Å². The third kappa shape index (κ3) is 5.53. The van der Waals surface area contributed by atoms with Crippen LogP contribution in [0.15, 0.2) is 23.1 Å². The molecular weight excluding hydrogens is 400 g/mol. The number of hydrogen-bond donors (Lipinski definition) is 3. The first kappa shape index (κ1) is 19.1. The zero-order chi connectivity index (χ0) is 13.9. The lowest BCUT2D eigenvalue weighted by atomic mass is 10.1. The highest BCUT2D eigenvalue weighted by Gasteiger charge is 2.20. The van der Waals surface area contributed by atoms with Gasteiger partial charge in [0.25, 0.3) is 0 Å². The van der Waals surface area contributed by atoms with Crippen LogP contribution in [0.4, 0.5) is 0 Å². The number of hydrogen-bond acceptors (Lipinski definition) is 4. The van der Waals surface area contributed by atoms with Crippen LogP contribution in [-0.2, 0) is 11.2 Å². The van der Waals surface area contributed by atoms with E-state index in [9.17, 15) is 18.5 Å². The minimum Gasteiger partial charge on any atom is -0.304 e. The van der Waals surface area contributed by atoms with Crippen LogP contribution in [0.5, 0.6) is 0 Å². The van der Waals surface area contributed by atoms with Gasteiger partial charge in [0.15, 0.2) is 5.78 Å². The molecule has 0 fully saturated rings. The van der Waals surface area contributed by atoms with Crippen molar-refractivity contribution in [2.24, 2.45) is 0 Å². The van der Waals surface area contributed by atoms with Crippen LogP contribution in [0.25, 0.3) is 0 Å². The van der Waals surface area contributed by atoms with E-state index in [1.54, 1.807) is 19.1 Å². The number of alkyl halides is 2. The van der Waals surface area contributed by atoms with E-state index >= 15 is 0 Å². The van der Waals surface area contributed by atoms with Crippen molar-refractivity contribution in [2.45, 2.75) is 30.5 Å². The number of halogens is 2. The Labute approximate surface area is 132 Å². The van der Waals surface area contributed by atoms with Crippen molar-refractivity contribution in [3.8, 4) is 0 Å². The van der Waals surface area contributed by atoms with Crippen molar-refractivity contribution < 1.29 is 18.5 Å². The molecule has 0 spiro atoms. The third-order valence-corrected chi connectivity index (χ3v) is 5.79. The summed E-state index contributed by atoms with van der Waals surface area (Å²) in [5.74, 6) is -0.0175. The number of Topliss-reactive ketones (excluding diaryl/α,β-unsaturated/α-hetero) is 1. The van der Waals surface area contributed by atoms with Gasteiger partial charge in [-0.1, -0.05) is 51.4 Å². The van der Waals surface area contributed by atoms with Gasteiger partial charge in [0, 0.05) is 11.8 Å². The average Bonchev–Trinajstić information content (AvgIpc) is 2.29. The average molecular weight is 418 g/mol. The van der Waals surface area contributed by atoms with Crippen molar-refractivity contribution in [1.29, 1.82) is 0 Å². The van der Waals surface area contributed by atoms with Gasteiger partial charge in [0.2, 0.25) is 0 Å². The largest absolute Gasteiger partial charge is 0.304 e. The number of benzene rings is 1. The van der Waals surface area contributed by atoms with Gasteiger partial charge in [-0.2, -0.15) is 0 Å².